The maximum atomic E-state index is 12.7. The van der Waals surface area contributed by atoms with Crippen molar-refractivity contribution < 1.29 is 26.7 Å². The number of carbonyl (C=O) groups is 1. The number of carbonyl (C=O) groups excluding carboxylic acids is 1. The molecule has 3 aromatic rings. The van der Waals surface area contributed by atoms with Crippen LogP contribution in [0.15, 0.2) is 71.6 Å². The Labute approximate surface area is 191 Å². The van der Waals surface area contributed by atoms with Crippen molar-refractivity contribution >= 4 is 21.6 Å². The first-order valence-corrected chi connectivity index (χ1v) is 11.5. The molecule has 3 rings (SSSR count). The van der Waals surface area contributed by atoms with E-state index in [1.807, 2.05) is 13.8 Å². The largest absolute Gasteiger partial charge is 0.435 e. The van der Waals surface area contributed by atoms with Gasteiger partial charge in [-0.05, 0) is 79.1 Å². The van der Waals surface area contributed by atoms with Gasteiger partial charge in [-0.2, -0.15) is 8.78 Å². The number of benzene rings is 3. The van der Waals surface area contributed by atoms with Crippen molar-refractivity contribution in [1.29, 1.82) is 0 Å². The number of aryl methyl sites for hydroxylation is 2. The fraction of sp³-hybridized carbons (Fsp3) is 0.208. The highest BCUT2D eigenvalue weighted by molar-refractivity contribution is 7.92. The van der Waals surface area contributed by atoms with Crippen LogP contribution in [0.2, 0.25) is 0 Å². The number of amides is 1. The van der Waals surface area contributed by atoms with Crippen LogP contribution >= 0.6 is 0 Å². The summed E-state index contributed by atoms with van der Waals surface area (Å²) in [5, 5.41) is 0. The molecule has 0 heterocycles. The molecule has 3 aromatic carbocycles. The lowest BCUT2D eigenvalue weighted by molar-refractivity contribution is -0.0498. The highest BCUT2D eigenvalue weighted by Crippen LogP contribution is 2.20. The van der Waals surface area contributed by atoms with Crippen LogP contribution in [-0.2, 0) is 16.6 Å². The van der Waals surface area contributed by atoms with E-state index >= 15 is 0 Å². The highest BCUT2D eigenvalue weighted by atomic mass is 32.2. The Morgan fingerprint density at radius 1 is 0.970 bits per heavy atom. The van der Waals surface area contributed by atoms with E-state index in [-0.39, 0.29) is 23.1 Å². The maximum absolute atomic E-state index is 12.7. The van der Waals surface area contributed by atoms with Crippen LogP contribution in [-0.4, -0.2) is 32.9 Å². The minimum atomic E-state index is -3.76. The van der Waals surface area contributed by atoms with E-state index in [1.54, 1.807) is 37.4 Å². The average molecular weight is 475 g/mol. The summed E-state index contributed by atoms with van der Waals surface area (Å²) in [6.45, 7) is 1.11. The molecule has 0 atom stereocenters. The summed E-state index contributed by atoms with van der Waals surface area (Å²) < 4.78 is 56.6. The minimum Gasteiger partial charge on any atom is -0.435 e. The normalized spacial score (nSPS) is 11.3. The van der Waals surface area contributed by atoms with E-state index < -0.39 is 16.6 Å². The molecule has 0 fully saturated rings. The smallest absolute Gasteiger partial charge is 0.387 e. The van der Waals surface area contributed by atoms with Crippen LogP contribution in [0, 0.1) is 13.8 Å². The number of halogens is 2. The Hall–Kier alpha value is -3.46. The number of rotatable bonds is 8. The summed E-state index contributed by atoms with van der Waals surface area (Å²) in [6, 6.07) is 17.1. The van der Waals surface area contributed by atoms with Gasteiger partial charge in [-0.3, -0.25) is 9.52 Å². The molecule has 9 heteroatoms. The first-order valence-electron chi connectivity index (χ1n) is 10.0. The topological polar surface area (TPSA) is 75.7 Å². The van der Waals surface area contributed by atoms with Crippen molar-refractivity contribution in [2.24, 2.45) is 0 Å². The molecule has 0 aromatic heterocycles. The molecule has 0 unspecified atom stereocenters. The van der Waals surface area contributed by atoms with Crippen LogP contribution in [0.5, 0.6) is 5.75 Å². The van der Waals surface area contributed by atoms with Gasteiger partial charge in [-0.25, -0.2) is 8.42 Å². The van der Waals surface area contributed by atoms with Crippen LogP contribution in [0.1, 0.15) is 27.0 Å². The van der Waals surface area contributed by atoms with E-state index in [0.29, 0.717) is 11.3 Å². The highest BCUT2D eigenvalue weighted by Gasteiger charge is 2.16. The van der Waals surface area contributed by atoms with Gasteiger partial charge in [0.1, 0.15) is 5.75 Å². The molecule has 6 nitrogen and oxygen atoms in total. The van der Waals surface area contributed by atoms with E-state index in [4.69, 9.17) is 0 Å². The third-order valence-corrected chi connectivity index (χ3v) is 6.47. The molecule has 0 bridgehead atoms. The molecule has 0 saturated carbocycles. The minimum absolute atomic E-state index is 0.0431. The summed E-state index contributed by atoms with van der Waals surface area (Å²) in [5.41, 5.74) is 3.33. The van der Waals surface area contributed by atoms with Crippen molar-refractivity contribution in [3.05, 3.63) is 89.0 Å². The van der Waals surface area contributed by atoms with Crippen molar-refractivity contribution in [2.75, 3.05) is 11.8 Å². The van der Waals surface area contributed by atoms with Crippen LogP contribution in [0.25, 0.3) is 0 Å². The number of hydrogen-bond donors (Lipinski definition) is 1. The van der Waals surface area contributed by atoms with Gasteiger partial charge >= 0.3 is 6.61 Å². The SMILES string of the molecule is Cc1ccc(S(=O)(=O)Nc2ccc(C(=O)N(C)Cc3ccc(OC(F)F)cc3)cc2)cc1C. The van der Waals surface area contributed by atoms with E-state index in [1.165, 1.54) is 41.3 Å². The zero-order valence-corrected chi connectivity index (χ0v) is 19.2. The number of nitrogens with one attached hydrogen (secondary N) is 1. The van der Waals surface area contributed by atoms with Gasteiger partial charge in [-0.15, -0.1) is 0 Å². The Kier molecular flexibility index (Phi) is 7.33. The fourth-order valence-corrected chi connectivity index (χ4v) is 4.26. The van der Waals surface area contributed by atoms with Gasteiger partial charge in [0.15, 0.2) is 0 Å². The molecule has 0 saturated heterocycles. The molecule has 33 heavy (non-hydrogen) atoms. The maximum Gasteiger partial charge on any atom is 0.387 e. The molecule has 0 aliphatic carbocycles. The summed E-state index contributed by atoms with van der Waals surface area (Å²) in [6.07, 6.45) is 0. The lowest BCUT2D eigenvalue weighted by atomic mass is 10.1. The fourth-order valence-electron chi connectivity index (χ4n) is 3.12. The molecule has 174 valence electrons. The molecule has 0 aliphatic heterocycles. The van der Waals surface area contributed by atoms with Crippen molar-refractivity contribution in [2.45, 2.75) is 31.9 Å². The Balaban J connectivity index is 1.65. The van der Waals surface area contributed by atoms with Crippen molar-refractivity contribution in [3.8, 4) is 5.75 Å². The van der Waals surface area contributed by atoms with Gasteiger partial charge in [-0.1, -0.05) is 18.2 Å². The molecule has 1 amide bonds. The Bertz CT molecular complexity index is 1230. The third-order valence-electron chi connectivity index (χ3n) is 5.09. The average Bonchev–Trinajstić information content (AvgIpc) is 2.76. The first kappa shape index (κ1) is 24.2. The standard InChI is InChI=1S/C24H24F2N2O4S/c1-16-4-13-22(14-17(16)2)33(30,31)27-20-9-7-19(8-10-20)23(29)28(3)15-18-5-11-21(12-6-18)32-24(25)26/h4-14,24,27H,15H2,1-3H3. The predicted octanol–water partition coefficient (Wildman–Crippen LogP) is 4.98. The van der Waals surface area contributed by atoms with Crippen LogP contribution in [0.4, 0.5) is 14.5 Å². The second kappa shape index (κ2) is 9.99. The summed E-state index contributed by atoms with van der Waals surface area (Å²) in [5.74, 6) is -0.229. The summed E-state index contributed by atoms with van der Waals surface area (Å²) in [4.78, 5) is 14.3. The van der Waals surface area contributed by atoms with Crippen LogP contribution < -0.4 is 9.46 Å². The summed E-state index contributed by atoms with van der Waals surface area (Å²) in [7, 11) is -2.14. The van der Waals surface area contributed by atoms with Crippen molar-refractivity contribution in [3.63, 3.8) is 0 Å². The molecular weight excluding hydrogens is 450 g/mol. The van der Waals surface area contributed by atoms with E-state index in [0.717, 1.165) is 16.7 Å². The van der Waals surface area contributed by atoms with Gasteiger partial charge in [0.05, 0.1) is 4.90 Å². The first-order chi connectivity index (χ1) is 15.5. The molecule has 0 radical (unpaired) electrons. The Morgan fingerprint density at radius 3 is 2.18 bits per heavy atom. The number of nitrogens with zero attached hydrogens (tertiary/aromatic N) is 1. The van der Waals surface area contributed by atoms with Gasteiger partial charge in [0.2, 0.25) is 0 Å². The second-order valence-corrected chi connectivity index (χ2v) is 9.29. The third kappa shape index (κ3) is 6.29. The molecule has 0 spiro atoms. The monoisotopic (exact) mass is 474 g/mol. The Morgan fingerprint density at radius 2 is 1.61 bits per heavy atom. The van der Waals surface area contributed by atoms with Crippen LogP contribution in [0.3, 0.4) is 0 Å². The van der Waals surface area contributed by atoms with Gasteiger partial charge < -0.3 is 9.64 Å². The number of hydrogen-bond acceptors (Lipinski definition) is 4. The molecule has 1 N–H and O–H groups in total. The number of sulfonamides is 1. The van der Waals surface area contributed by atoms with Gasteiger partial charge in [0.25, 0.3) is 15.9 Å². The van der Waals surface area contributed by atoms with E-state index in [9.17, 15) is 22.0 Å². The number of anilines is 1. The number of alkyl halides is 2. The van der Waals surface area contributed by atoms with Gasteiger partial charge in [0, 0.05) is 24.8 Å². The second-order valence-electron chi connectivity index (χ2n) is 7.61. The van der Waals surface area contributed by atoms with E-state index in [2.05, 4.69) is 9.46 Å². The molecule has 0 aliphatic rings. The van der Waals surface area contributed by atoms with Crippen molar-refractivity contribution in [1.82, 2.24) is 4.90 Å². The zero-order valence-electron chi connectivity index (χ0n) is 18.4. The zero-order chi connectivity index (χ0) is 24.2. The lowest BCUT2D eigenvalue weighted by Gasteiger charge is -2.18. The predicted molar refractivity (Wildman–Crippen MR) is 122 cm³/mol. The summed E-state index contributed by atoms with van der Waals surface area (Å²) >= 11 is 0. The molecular formula is C24H24F2N2O4S. The number of ether oxygens (including phenoxy) is 1. The lowest BCUT2D eigenvalue weighted by Crippen LogP contribution is -2.26. The quantitative estimate of drug-likeness (QED) is 0.500.